The van der Waals surface area contributed by atoms with Crippen LogP contribution in [0.15, 0.2) is 39.4 Å². The summed E-state index contributed by atoms with van der Waals surface area (Å²) in [6.45, 7) is 0. The maximum Gasteiger partial charge on any atom is 0.170 e. The van der Waals surface area contributed by atoms with E-state index >= 15 is 0 Å². The maximum atomic E-state index is 4.11. The van der Waals surface area contributed by atoms with E-state index < -0.39 is 0 Å². The molecule has 1 aromatic heterocycles. The van der Waals surface area contributed by atoms with Gasteiger partial charge in [0, 0.05) is 10.2 Å². The van der Waals surface area contributed by atoms with Crippen molar-refractivity contribution in [3.8, 4) is 0 Å². The zero-order chi connectivity index (χ0) is 9.80. The molecule has 72 valence electrons. The second-order valence-corrected chi connectivity index (χ2v) is 5.54. The van der Waals surface area contributed by atoms with Crippen LogP contribution in [0.3, 0.4) is 0 Å². The molecule has 1 aromatic carbocycles. The molecule has 14 heavy (non-hydrogen) atoms. The van der Waals surface area contributed by atoms with Gasteiger partial charge in [-0.1, -0.05) is 39.8 Å². The Morgan fingerprint density at radius 3 is 2.71 bits per heavy atom. The van der Waals surface area contributed by atoms with Crippen molar-refractivity contribution in [3.05, 3.63) is 40.6 Å². The number of aromatic nitrogens is 2. The van der Waals surface area contributed by atoms with Crippen LogP contribution in [0.25, 0.3) is 0 Å². The summed E-state index contributed by atoms with van der Waals surface area (Å²) >= 11 is 6.56. The van der Waals surface area contributed by atoms with Crippen molar-refractivity contribution in [2.24, 2.45) is 0 Å². The van der Waals surface area contributed by atoms with Gasteiger partial charge in [-0.05, 0) is 29.2 Å². The molecule has 0 amide bonds. The second kappa shape index (κ2) is 4.91. The average molecular weight is 287 g/mol. The molecule has 0 radical (unpaired) electrons. The fraction of sp³-hybridized carbons (Fsp3) is 0.111. The Balaban J connectivity index is 1.95. The highest BCUT2D eigenvalue weighted by molar-refractivity contribution is 9.10. The van der Waals surface area contributed by atoms with Gasteiger partial charge in [-0.25, -0.2) is 4.98 Å². The van der Waals surface area contributed by atoms with Crippen LogP contribution in [0, 0.1) is 0 Å². The summed E-state index contributed by atoms with van der Waals surface area (Å²) in [4.78, 5) is 4.11. The van der Waals surface area contributed by atoms with E-state index in [9.17, 15) is 0 Å². The minimum Gasteiger partial charge on any atom is -0.216 e. The fourth-order valence-electron chi connectivity index (χ4n) is 0.952. The molecule has 0 saturated carbocycles. The molecule has 2 nitrogen and oxygen atoms in total. The van der Waals surface area contributed by atoms with Crippen LogP contribution in [-0.4, -0.2) is 9.36 Å². The summed E-state index contributed by atoms with van der Waals surface area (Å²) in [7, 11) is 0. The highest BCUT2D eigenvalue weighted by Crippen LogP contribution is 2.23. The molecule has 0 N–H and O–H groups in total. The zero-order valence-corrected chi connectivity index (χ0v) is 10.4. The Morgan fingerprint density at radius 1 is 1.29 bits per heavy atom. The predicted octanol–water partition coefficient (Wildman–Crippen LogP) is 3.59. The van der Waals surface area contributed by atoms with E-state index in [2.05, 4.69) is 49.6 Å². The fourth-order valence-corrected chi connectivity index (χ4v) is 2.62. The van der Waals surface area contributed by atoms with Crippen molar-refractivity contribution >= 4 is 39.2 Å². The molecule has 2 aromatic rings. The molecular weight excluding hydrogens is 280 g/mol. The van der Waals surface area contributed by atoms with Gasteiger partial charge < -0.3 is 0 Å². The molecule has 0 fully saturated rings. The number of rotatable bonds is 3. The van der Waals surface area contributed by atoms with Gasteiger partial charge in [-0.15, -0.1) is 0 Å². The topological polar surface area (TPSA) is 25.8 Å². The standard InChI is InChI=1S/C9H7BrN2S2/c10-8-3-1-7(2-4-8)5-13-9-11-6-12-14-9/h1-4,6H,5H2. The molecule has 0 aliphatic heterocycles. The van der Waals surface area contributed by atoms with E-state index in [0.717, 1.165) is 14.6 Å². The van der Waals surface area contributed by atoms with Crippen LogP contribution in [0.2, 0.25) is 0 Å². The van der Waals surface area contributed by atoms with Crippen molar-refractivity contribution in [2.75, 3.05) is 0 Å². The minimum absolute atomic E-state index is 0.947. The lowest BCUT2D eigenvalue weighted by Crippen LogP contribution is -1.78. The summed E-state index contributed by atoms with van der Waals surface area (Å²) in [5.74, 6) is 0.947. The van der Waals surface area contributed by atoms with Gasteiger partial charge in [0.05, 0.1) is 0 Å². The van der Waals surface area contributed by atoms with E-state index in [1.54, 1.807) is 18.1 Å². The van der Waals surface area contributed by atoms with Gasteiger partial charge >= 0.3 is 0 Å². The van der Waals surface area contributed by atoms with Crippen LogP contribution in [-0.2, 0) is 5.75 Å². The van der Waals surface area contributed by atoms with Crippen LogP contribution >= 0.6 is 39.2 Å². The van der Waals surface area contributed by atoms with E-state index in [4.69, 9.17) is 0 Å². The van der Waals surface area contributed by atoms with Crippen molar-refractivity contribution in [2.45, 2.75) is 10.1 Å². The number of hydrogen-bond donors (Lipinski definition) is 0. The van der Waals surface area contributed by atoms with Crippen molar-refractivity contribution < 1.29 is 0 Å². The molecule has 0 saturated heterocycles. The van der Waals surface area contributed by atoms with Gasteiger partial charge in [0.15, 0.2) is 4.34 Å². The first-order chi connectivity index (χ1) is 6.84. The Kier molecular flexibility index (Phi) is 3.55. The quantitative estimate of drug-likeness (QED) is 0.807. The molecular formula is C9H7BrN2S2. The number of hydrogen-bond acceptors (Lipinski definition) is 4. The second-order valence-electron chi connectivity index (χ2n) is 2.62. The first-order valence-corrected chi connectivity index (χ1v) is 6.54. The van der Waals surface area contributed by atoms with Gasteiger partial charge in [-0.2, -0.15) is 4.37 Å². The number of nitrogens with zero attached hydrogens (tertiary/aromatic N) is 2. The lowest BCUT2D eigenvalue weighted by molar-refractivity contribution is 1.21. The van der Waals surface area contributed by atoms with Gasteiger partial charge in [0.1, 0.15) is 6.33 Å². The normalized spacial score (nSPS) is 10.4. The summed E-state index contributed by atoms with van der Waals surface area (Å²) in [6, 6.07) is 8.32. The first kappa shape index (κ1) is 10.1. The molecule has 0 unspecified atom stereocenters. The summed E-state index contributed by atoms with van der Waals surface area (Å²) in [6.07, 6.45) is 1.59. The molecule has 0 atom stereocenters. The summed E-state index contributed by atoms with van der Waals surface area (Å²) < 4.78 is 6.09. The Labute approximate surface area is 99.1 Å². The van der Waals surface area contributed by atoms with E-state index in [1.807, 2.05) is 0 Å². The molecule has 5 heteroatoms. The lowest BCUT2D eigenvalue weighted by atomic mass is 10.2. The predicted molar refractivity (Wildman–Crippen MR) is 63.6 cm³/mol. The third-order valence-electron chi connectivity index (χ3n) is 1.62. The van der Waals surface area contributed by atoms with E-state index in [-0.39, 0.29) is 0 Å². The van der Waals surface area contributed by atoms with Crippen LogP contribution < -0.4 is 0 Å². The van der Waals surface area contributed by atoms with Crippen LogP contribution in [0.4, 0.5) is 0 Å². The highest BCUT2D eigenvalue weighted by Gasteiger charge is 1.98. The minimum atomic E-state index is 0.947. The molecule has 0 spiro atoms. The monoisotopic (exact) mass is 286 g/mol. The number of thioether (sulfide) groups is 1. The third-order valence-corrected chi connectivity index (χ3v) is 4.01. The Bertz CT molecular complexity index is 386. The highest BCUT2D eigenvalue weighted by atomic mass is 79.9. The van der Waals surface area contributed by atoms with Gasteiger partial charge in [0.25, 0.3) is 0 Å². The maximum absolute atomic E-state index is 4.11. The Morgan fingerprint density at radius 2 is 2.07 bits per heavy atom. The zero-order valence-electron chi connectivity index (χ0n) is 7.18. The third kappa shape index (κ3) is 2.80. The first-order valence-electron chi connectivity index (χ1n) is 3.98. The largest absolute Gasteiger partial charge is 0.216 e. The summed E-state index contributed by atoms with van der Waals surface area (Å²) in [5.41, 5.74) is 1.30. The molecule has 0 aliphatic carbocycles. The average Bonchev–Trinajstić information content (AvgIpc) is 2.70. The lowest BCUT2D eigenvalue weighted by Gasteiger charge is -1.98. The van der Waals surface area contributed by atoms with E-state index in [1.165, 1.54) is 17.1 Å². The molecule has 2 rings (SSSR count). The Hall–Kier alpha value is -0.390. The SMILES string of the molecule is Brc1ccc(CSc2ncns2)cc1. The smallest absolute Gasteiger partial charge is 0.170 e. The van der Waals surface area contributed by atoms with Gasteiger partial charge in [-0.3, -0.25) is 0 Å². The van der Waals surface area contributed by atoms with Gasteiger partial charge in [0.2, 0.25) is 0 Å². The van der Waals surface area contributed by atoms with Crippen LogP contribution in [0.5, 0.6) is 0 Å². The molecule has 1 heterocycles. The summed E-state index contributed by atoms with van der Waals surface area (Å²) in [5, 5.41) is 0. The number of benzene rings is 1. The van der Waals surface area contributed by atoms with Crippen LogP contribution in [0.1, 0.15) is 5.56 Å². The van der Waals surface area contributed by atoms with Crippen molar-refractivity contribution in [1.29, 1.82) is 0 Å². The van der Waals surface area contributed by atoms with Crippen molar-refractivity contribution in [1.82, 2.24) is 9.36 Å². The van der Waals surface area contributed by atoms with Crippen molar-refractivity contribution in [3.63, 3.8) is 0 Å². The number of halogens is 1. The molecule has 0 bridgehead atoms. The van der Waals surface area contributed by atoms with E-state index in [0.29, 0.717) is 0 Å². The molecule has 0 aliphatic rings.